The van der Waals surface area contributed by atoms with Crippen LogP contribution in [0.4, 0.5) is 0 Å². The molecule has 1 fully saturated rings. The van der Waals surface area contributed by atoms with Gasteiger partial charge in [0.25, 0.3) is 0 Å². The van der Waals surface area contributed by atoms with Gasteiger partial charge in [-0.1, -0.05) is 30.4 Å². The number of hydrogen-bond acceptors (Lipinski definition) is 3. The Kier molecular flexibility index (Phi) is 4.73. The second kappa shape index (κ2) is 6.92. The van der Waals surface area contributed by atoms with E-state index in [0.29, 0.717) is 6.10 Å². The molecule has 2 atom stereocenters. The average molecular weight is 286 g/mol. The van der Waals surface area contributed by atoms with Crippen molar-refractivity contribution in [3.8, 4) is 5.75 Å². The van der Waals surface area contributed by atoms with Crippen LogP contribution in [0.3, 0.4) is 0 Å². The van der Waals surface area contributed by atoms with Crippen LogP contribution in [0.2, 0.25) is 0 Å². The first-order valence-electron chi connectivity index (χ1n) is 7.57. The molecule has 2 aliphatic rings. The van der Waals surface area contributed by atoms with Crippen molar-refractivity contribution < 1.29 is 14.2 Å². The van der Waals surface area contributed by atoms with Crippen LogP contribution >= 0.6 is 0 Å². The number of benzene rings is 1. The summed E-state index contributed by atoms with van der Waals surface area (Å²) < 4.78 is 16.5. The zero-order valence-corrected chi connectivity index (χ0v) is 12.5. The second-order valence-electron chi connectivity index (χ2n) is 5.53. The zero-order valence-electron chi connectivity index (χ0n) is 12.5. The first-order chi connectivity index (χ1) is 10.3. The minimum atomic E-state index is 0.213. The molecule has 1 aliphatic carbocycles. The topological polar surface area (TPSA) is 31.0 Å². The van der Waals surface area contributed by atoms with Crippen molar-refractivity contribution in [2.45, 2.75) is 31.5 Å². The normalized spacial score (nSPS) is 23.8. The van der Waals surface area contributed by atoms with Gasteiger partial charge in [0.15, 0.2) is 0 Å². The molecule has 1 aromatic rings. The molecular formula is C18H22O3. The van der Waals surface area contributed by atoms with E-state index in [0.717, 1.165) is 38.2 Å². The summed E-state index contributed by atoms with van der Waals surface area (Å²) in [7, 11) is 1.71. The maximum Gasteiger partial charge on any atom is 0.119 e. The maximum absolute atomic E-state index is 5.98. The lowest BCUT2D eigenvalue weighted by molar-refractivity contribution is 0.0641. The predicted molar refractivity (Wildman–Crippen MR) is 82.6 cm³/mol. The fourth-order valence-corrected chi connectivity index (χ4v) is 2.58. The van der Waals surface area contributed by atoms with Gasteiger partial charge in [0.05, 0.1) is 26.4 Å². The minimum Gasteiger partial charge on any atom is -0.497 e. The van der Waals surface area contributed by atoms with E-state index < -0.39 is 0 Å². The summed E-state index contributed by atoms with van der Waals surface area (Å²) in [6.45, 7) is 1.57. The van der Waals surface area contributed by atoms with Crippen molar-refractivity contribution in [3.05, 3.63) is 53.6 Å². The van der Waals surface area contributed by atoms with Gasteiger partial charge in [0.2, 0.25) is 0 Å². The molecule has 0 amide bonds. The molecule has 0 bridgehead atoms. The van der Waals surface area contributed by atoms with Crippen molar-refractivity contribution in [1.82, 2.24) is 0 Å². The molecule has 21 heavy (non-hydrogen) atoms. The number of rotatable bonds is 7. The van der Waals surface area contributed by atoms with E-state index >= 15 is 0 Å². The summed E-state index contributed by atoms with van der Waals surface area (Å²) in [6.07, 6.45) is 10.0. The van der Waals surface area contributed by atoms with E-state index in [1.54, 1.807) is 7.11 Å². The van der Waals surface area contributed by atoms with E-state index in [9.17, 15) is 0 Å². The third-order valence-corrected chi connectivity index (χ3v) is 3.93. The molecule has 3 heteroatoms. The number of methoxy groups -OCH3 is 1. The molecule has 1 unspecified atom stereocenters. The highest BCUT2D eigenvalue weighted by molar-refractivity contribution is 5.30. The standard InChI is InChI=1S/C18H22O3/c1-19-16-7-4-5-14(11-16)9-10-15-6-2-3-8-18(15)21-13-17-12-20-17/h2-7,11,17-18H,8-10,12-13H2,1H3/t17-,18?/m0/s1. The van der Waals surface area contributed by atoms with Crippen LogP contribution in [-0.4, -0.2) is 32.5 Å². The minimum absolute atomic E-state index is 0.213. The number of epoxide rings is 1. The van der Waals surface area contributed by atoms with E-state index in [-0.39, 0.29) is 6.10 Å². The summed E-state index contributed by atoms with van der Waals surface area (Å²) in [5, 5.41) is 0. The van der Waals surface area contributed by atoms with Crippen molar-refractivity contribution in [3.63, 3.8) is 0 Å². The van der Waals surface area contributed by atoms with Gasteiger partial charge in [-0.15, -0.1) is 0 Å². The molecule has 112 valence electrons. The number of allylic oxidation sites excluding steroid dienone is 2. The van der Waals surface area contributed by atoms with Gasteiger partial charge in [-0.2, -0.15) is 0 Å². The Morgan fingerprint density at radius 3 is 3.00 bits per heavy atom. The molecular weight excluding hydrogens is 264 g/mol. The van der Waals surface area contributed by atoms with Crippen LogP contribution in [0.5, 0.6) is 5.75 Å². The lowest BCUT2D eigenvalue weighted by Gasteiger charge is -2.22. The molecule has 3 rings (SSSR count). The average Bonchev–Trinajstić information content (AvgIpc) is 3.36. The quantitative estimate of drug-likeness (QED) is 0.721. The van der Waals surface area contributed by atoms with Gasteiger partial charge < -0.3 is 14.2 Å². The van der Waals surface area contributed by atoms with Gasteiger partial charge in [0, 0.05) is 0 Å². The Morgan fingerprint density at radius 1 is 1.29 bits per heavy atom. The lowest BCUT2D eigenvalue weighted by Crippen LogP contribution is -2.20. The molecule has 0 saturated carbocycles. The SMILES string of the molecule is COc1cccc(CCC2=CC=CCC2OC[C@@H]2CO2)c1. The third kappa shape index (κ3) is 4.19. The lowest BCUT2D eigenvalue weighted by atomic mass is 9.95. The molecule has 0 aromatic heterocycles. The van der Waals surface area contributed by atoms with Gasteiger partial charge in [-0.25, -0.2) is 0 Å². The van der Waals surface area contributed by atoms with E-state index in [1.807, 2.05) is 12.1 Å². The smallest absolute Gasteiger partial charge is 0.119 e. The monoisotopic (exact) mass is 286 g/mol. The van der Waals surface area contributed by atoms with Crippen LogP contribution in [-0.2, 0) is 15.9 Å². The van der Waals surface area contributed by atoms with Crippen LogP contribution in [0.15, 0.2) is 48.1 Å². The number of hydrogen-bond donors (Lipinski definition) is 0. The van der Waals surface area contributed by atoms with Crippen LogP contribution < -0.4 is 4.74 Å². The Hall–Kier alpha value is -1.58. The summed E-state index contributed by atoms with van der Waals surface area (Å²) in [5.41, 5.74) is 2.68. The summed E-state index contributed by atoms with van der Waals surface area (Å²) in [4.78, 5) is 0. The van der Waals surface area contributed by atoms with Crippen LogP contribution in [0.25, 0.3) is 0 Å². The van der Waals surface area contributed by atoms with Gasteiger partial charge in [-0.3, -0.25) is 0 Å². The first kappa shape index (κ1) is 14.4. The van der Waals surface area contributed by atoms with Crippen molar-refractivity contribution in [2.24, 2.45) is 0 Å². The fourth-order valence-electron chi connectivity index (χ4n) is 2.58. The van der Waals surface area contributed by atoms with Crippen LogP contribution in [0, 0.1) is 0 Å². The Labute approximate surface area is 126 Å². The zero-order chi connectivity index (χ0) is 14.5. The molecule has 1 aromatic carbocycles. The highest BCUT2D eigenvalue weighted by atomic mass is 16.6. The van der Waals surface area contributed by atoms with Gasteiger partial charge >= 0.3 is 0 Å². The Morgan fingerprint density at radius 2 is 2.19 bits per heavy atom. The Bertz CT molecular complexity index is 529. The molecule has 1 aliphatic heterocycles. The fraction of sp³-hybridized carbons (Fsp3) is 0.444. The number of ether oxygens (including phenoxy) is 3. The molecule has 1 saturated heterocycles. The summed E-state index contributed by atoms with van der Waals surface area (Å²) in [6, 6.07) is 8.28. The molecule has 3 nitrogen and oxygen atoms in total. The first-order valence-corrected chi connectivity index (χ1v) is 7.57. The van der Waals surface area contributed by atoms with Crippen molar-refractivity contribution in [2.75, 3.05) is 20.3 Å². The van der Waals surface area contributed by atoms with E-state index in [1.165, 1.54) is 11.1 Å². The summed E-state index contributed by atoms with van der Waals surface area (Å²) >= 11 is 0. The number of aryl methyl sites for hydroxylation is 1. The molecule has 0 radical (unpaired) electrons. The van der Waals surface area contributed by atoms with Gasteiger partial charge in [0.1, 0.15) is 11.9 Å². The maximum atomic E-state index is 5.98. The molecule has 0 spiro atoms. The predicted octanol–water partition coefficient (Wildman–Crippen LogP) is 3.30. The Balaban J connectivity index is 1.55. The second-order valence-corrected chi connectivity index (χ2v) is 5.53. The third-order valence-electron chi connectivity index (χ3n) is 3.93. The molecule has 0 N–H and O–H groups in total. The van der Waals surface area contributed by atoms with Gasteiger partial charge in [-0.05, 0) is 42.5 Å². The largest absolute Gasteiger partial charge is 0.497 e. The van der Waals surface area contributed by atoms with E-state index in [2.05, 4.69) is 30.4 Å². The van der Waals surface area contributed by atoms with Crippen molar-refractivity contribution in [1.29, 1.82) is 0 Å². The van der Waals surface area contributed by atoms with E-state index in [4.69, 9.17) is 14.2 Å². The highest BCUT2D eigenvalue weighted by Gasteiger charge is 2.25. The van der Waals surface area contributed by atoms with Crippen molar-refractivity contribution >= 4 is 0 Å². The van der Waals surface area contributed by atoms with Crippen LogP contribution in [0.1, 0.15) is 18.4 Å². The highest BCUT2D eigenvalue weighted by Crippen LogP contribution is 2.24. The summed E-state index contributed by atoms with van der Waals surface area (Å²) in [5.74, 6) is 0.920. The molecule has 1 heterocycles.